The Hall–Kier alpha value is -2.17. The summed E-state index contributed by atoms with van der Waals surface area (Å²) in [5, 5.41) is 3.08. The van der Waals surface area contributed by atoms with Gasteiger partial charge in [0.25, 0.3) is 0 Å². The van der Waals surface area contributed by atoms with Crippen LogP contribution in [-0.4, -0.2) is 15.0 Å². The van der Waals surface area contributed by atoms with Crippen LogP contribution < -0.4 is 11.1 Å². The number of hydrogen-bond donors (Lipinski definition) is 2. The molecule has 0 aromatic carbocycles. The molecule has 0 aliphatic rings. The van der Waals surface area contributed by atoms with Gasteiger partial charge in [-0.05, 0) is 18.6 Å². The van der Waals surface area contributed by atoms with Gasteiger partial charge in [-0.15, -0.1) is 0 Å². The van der Waals surface area contributed by atoms with E-state index < -0.39 is 0 Å². The molecule has 5 heteroatoms. The molecule has 2 aromatic rings. The average Bonchev–Trinajstić information content (AvgIpc) is 2.22. The van der Waals surface area contributed by atoms with Crippen LogP contribution in [-0.2, 0) is 0 Å². The van der Waals surface area contributed by atoms with E-state index in [2.05, 4.69) is 20.3 Å². The van der Waals surface area contributed by atoms with Crippen molar-refractivity contribution in [2.24, 2.45) is 0 Å². The highest BCUT2D eigenvalue weighted by molar-refractivity contribution is 5.55. The molecule has 0 fully saturated rings. The molecule has 0 aliphatic carbocycles. The van der Waals surface area contributed by atoms with Crippen molar-refractivity contribution in [1.29, 1.82) is 0 Å². The smallest absolute Gasteiger partial charge is 0.149 e. The zero-order chi connectivity index (χ0) is 10.7. The van der Waals surface area contributed by atoms with Gasteiger partial charge >= 0.3 is 0 Å². The summed E-state index contributed by atoms with van der Waals surface area (Å²) in [5.41, 5.74) is 7.40. The standard InChI is InChI=1S/C10H11N5/c1-7-2-8(4-12-3-7)15-10-6-13-9(11)5-14-10/h2-6H,1H3,(H2,11,13)(H,14,15). The Labute approximate surface area is 87.4 Å². The second kappa shape index (κ2) is 3.91. The largest absolute Gasteiger partial charge is 0.382 e. The summed E-state index contributed by atoms with van der Waals surface area (Å²) in [6.45, 7) is 1.98. The van der Waals surface area contributed by atoms with Gasteiger partial charge in [-0.1, -0.05) is 0 Å². The van der Waals surface area contributed by atoms with Crippen molar-refractivity contribution < 1.29 is 0 Å². The summed E-state index contributed by atoms with van der Waals surface area (Å²) in [6, 6.07) is 1.98. The van der Waals surface area contributed by atoms with Gasteiger partial charge < -0.3 is 11.1 Å². The van der Waals surface area contributed by atoms with Gasteiger partial charge in [0.2, 0.25) is 0 Å². The molecule has 0 amide bonds. The molecule has 0 atom stereocenters. The monoisotopic (exact) mass is 201 g/mol. The molecule has 5 nitrogen and oxygen atoms in total. The Balaban J connectivity index is 2.18. The van der Waals surface area contributed by atoms with Crippen molar-refractivity contribution >= 4 is 17.3 Å². The lowest BCUT2D eigenvalue weighted by molar-refractivity contribution is 1.20. The highest BCUT2D eigenvalue weighted by atomic mass is 15.0. The van der Waals surface area contributed by atoms with E-state index in [1.165, 1.54) is 6.20 Å². The van der Waals surface area contributed by atoms with Crippen LogP contribution in [0.1, 0.15) is 5.56 Å². The summed E-state index contributed by atoms with van der Waals surface area (Å²) in [5.74, 6) is 1.06. The van der Waals surface area contributed by atoms with Crippen molar-refractivity contribution in [2.75, 3.05) is 11.1 Å². The number of nitrogens with two attached hydrogens (primary N) is 1. The Morgan fingerprint density at radius 2 is 2.00 bits per heavy atom. The fraction of sp³-hybridized carbons (Fsp3) is 0.100. The third-order valence-electron chi connectivity index (χ3n) is 1.82. The van der Waals surface area contributed by atoms with E-state index in [0.717, 1.165) is 11.3 Å². The van der Waals surface area contributed by atoms with Crippen molar-refractivity contribution in [3.05, 3.63) is 36.4 Å². The lowest BCUT2D eigenvalue weighted by Gasteiger charge is -2.04. The third-order valence-corrected chi connectivity index (χ3v) is 1.82. The van der Waals surface area contributed by atoms with Gasteiger partial charge in [-0.2, -0.15) is 0 Å². The predicted octanol–water partition coefficient (Wildman–Crippen LogP) is 1.51. The number of anilines is 3. The molecule has 15 heavy (non-hydrogen) atoms. The SMILES string of the molecule is Cc1cncc(Nc2cnc(N)cn2)c1. The molecule has 0 aliphatic heterocycles. The summed E-state index contributed by atoms with van der Waals surface area (Å²) in [6.07, 6.45) is 6.61. The average molecular weight is 201 g/mol. The van der Waals surface area contributed by atoms with Crippen molar-refractivity contribution in [2.45, 2.75) is 6.92 Å². The van der Waals surface area contributed by atoms with E-state index in [9.17, 15) is 0 Å². The van der Waals surface area contributed by atoms with Gasteiger partial charge in [0.15, 0.2) is 0 Å². The number of nitrogens with one attached hydrogen (secondary N) is 1. The summed E-state index contributed by atoms with van der Waals surface area (Å²) in [4.78, 5) is 12.1. The minimum Gasteiger partial charge on any atom is -0.382 e. The van der Waals surface area contributed by atoms with Gasteiger partial charge in [0.05, 0.1) is 24.3 Å². The maximum absolute atomic E-state index is 5.43. The number of nitrogen functional groups attached to an aromatic ring is 1. The molecule has 2 aromatic heterocycles. The molecule has 0 saturated carbocycles. The maximum atomic E-state index is 5.43. The van der Waals surface area contributed by atoms with E-state index in [1.807, 2.05) is 13.0 Å². The minimum absolute atomic E-state index is 0.405. The number of aryl methyl sites for hydroxylation is 1. The fourth-order valence-electron chi connectivity index (χ4n) is 1.17. The molecule has 2 heterocycles. The van der Waals surface area contributed by atoms with Crippen LogP contribution in [0, 0.1) is 6.92 Å². The number of pyridine rings is 1. The van der Waals surface area contributed by atoms with Gasteiger partial charge in [-0.3, -0.25) is 4.98 Å². The Morgan fingerprint density at radius 3 is 2.67 bits per heavy atom. The van der Waals surface area contributed by atoms with E-state index in [0.29, 0.717) is 11.6 Å². The summed E-state index contributed by atoms with van der Waals surface area (Å²) < 4.78 is 0. The van der Waals surface area contributed by atoms with E-state index >= 15 is 0 Å². The number of rotatable bonds is 2. The number of aromatic nitrogens is 3. The number of nitrogens with zero attached hydrogens (tertiary/aromatic N) is 3. The quantitative estimate of drug-likeness (QED) is 0.770. The highest BCUT2D eigenvalue weighted by Gasteiger charge is 1.96. The van der Waals surface area contributed by atoms with Crippen LogP contribution in [0.4, 0.5) is 17.3 Å². The lowest BCUT2D eigenvalue weighted by atomic mass is 10.3. The molecule has 0 unspecified atom stereocenters. The zero-order valence-electron chi connectivity index (χ0n) is 8.31. The first kappa shape index (κ1) is 9.39. The molecule has 76 valence electrons. The second-order valence-electron chi connectivity index (χ2n) is 3.20. The van der Waals surface area contributed by atoms with E-state index in [1.54, 1.807) is 18.6 Å². The van der Waals surface area contributed by atoms with Crippen LogP contribution in [0.25, 0.3) is 0 Å². The maximum Gasteiger partial charge on any atom is 0.149 e. The minimum atomic E-state index is 0.405. The molecule has 0 radical (unpaired) electrons. The fourth-order valence-corrected chi connectivity index (χ4v) is 1.17. The first-order valence-electron chi connectivity index (χ1n) is 4.50. The van der Waals surface area contributed by atoms with Gasteiger partial charge in [0, 0.05) is 6.20 Å². The molecule has 3 N–H and O–H groups in total. The normalized spacial score (nSPS) is 9.93. The zero-order valence-corrected chi connectivity index (χ0v) is 8.31. The van der Waals surface area contributed by atoms with Crippen LogP contribution in [0.3, 0.4) is 0 Å². The number of hydrogen-bond acceptors (Lipinski definition) is 5. The Morgan fingerprint density at radius 1 is 1.13 bits per heavy atom. The van der Waals surface area contributed by atoms with Gasteiger partial charge in [-0.25, -0.2) is 9.97 Å². The topological polar surface area (TPSA) is 76.7 Å². The van der Waals surface area contributed by atoms with Crippen molar-refractivity contribution in [3.63, 3.8) is 0 Å². The summed E-state index contributed by atoms with van der Waals surface area (Å²) >= 11 is 0. The van der Waals surface area contributed by atoms with Crippen LogP contribution in [0.5, 0.6) is 0 Å². The van der Waals surface area contributed by atoms with Crippen LogP contribution >= 0.6 is 0 Å². The molecule has 0 spiro atoms. The first-order valence-corrected chi connectivity index (χ1v) is 4.50. The predicted molar refractivity (Wildman–Crippen MR) is 58.7 cm³/mol. The third kappa shape index (κ3) is 2.40. The van der Waals surface area contributed by atoms with Crippen LogP contribution in [0.2, 0.25) is 0 Å². The highest BCUT2D eigenvalue weighted by Crippen LogP contribution is 2.13. The van der Waals surface area contributed by atoms with Crippen LogP contribution in [0.15, 0.2) is 30.9 Å². The first-order chi connectivity index (χ1) is 7.24. The molecular weight excluding hydrogens is 190 g/mol. The lowest BCUT2D eigenvalue weighted by Crippen LogP contribution is -1.97. The van der Waals surface area contributed by atoms with E-state index in [-0.39, 0.29) is 0 Å². The molecular formula is C10H11N5. The second-order valence-corrected chi connectivity index (χ2v) is 3.20. The van der Waals surface area contributed by atoms with Gasteiger partial charge in [0.1, 0.15) is 11.6 Å². The molecule has 0 bridgehead atoms. The van der Waals surface area contributed by atoms with Crippen molar-refractivity contribution in [3.8, 4) is 0 Å². The summed E-state index contributed by atoms with van der Waals surface area (Å²) in [7, 11) is 0. The molecule has 2 rings (SSSR count). The van der Waals surface area contributed by atoms with Crippen molar-refractivity contribution in [1.82, 2.24) is 15.0 Å². The Bertz CT molecular complexity index is 452. The molecule has 0 saturated heterocycles. The van der Waals surface area contributed by atoms with E-state index in [4.69, 9.17) is 5.73 Å². The Kier molecular flexibility index (Phi) is 2.45.